The van der Waals surface area contributed by atoms with Crippen LogP contribution in [0, 0.1) is 0 Å². The van der Waals surface area contributed by atoms with E-state index >= 15 is 0 Å². The highest BCUT2D eigenvalue weighted by molar-refractivity contribution is 9.10. The summed E-state index contributed by atoms with van der Waals surface area (Å²) in [5, 5.41) is 4.69. The second-order valence-corrected chi connectivity index (χ2v) is 6.32. The zero-order valence-corrected chi connectivity index (χ0v) is 13.6. The fourth-order valence-corrected chi connectivity index (χ4v) is 2.74. The first-order chi connectivity index (χ1) is 9.02. The largest absolute Gasteiger partial charge is 0.382 e. The van der Waals surface area contributed by atoms with Crippen molar-refractivity contribution in [3.05, 3.63) is 62.5 Å². The first-order valence-corrected chi connectivity index (χ1v) is 7.55. The van der Waals surface area contributed by atoms with Gasteiger partial charge in [0.15, 0.2) is 0 Å². The van der Waals surface area contributed by atoms with Crippen molar-refractivity contribution in [1.29, 1.82) is 0 Å². The Balaban J connectivity index is 2.00. The van der Waals surface area contributed by atoms with Gasteiger partial charge in [-0.1, -0.05) is 51.3 Å². The van der Waals surface area contributed by atoms with Gasteiger partial charge in [-0.15, -0.1) is 0 Å². The minimum atomic E-state index is 0.302. The summed E-state index contributed by atoms with van der Waals surface area (Å²) in [5.74, 6) is 0. The molecule has 2 rings (SSSR count). The highest BCUT2D eigenvalue weighted by Crippen LogP contribution is 2.23. The Labute approximate surface area is 132 Å². The van der Waals surface area contributed by atoms with Crippen molar-refractivity contribution in [3.63, 3.8) is 0 Å². The van der Waals surface area contributed by atoms with Crippen LogP contribution in [0.4, 0.5) is 5.69 Å². The lowest BCUT2D eigenvalue weighted by Gasteiger charge is -2.16. The van der Waals surface area contributed by atoms with E-state index in [1.807, 2.05) is 12.1 Å². The maximum atomic E-state index is 5.98. The van der Waals surface area contributed by atoms with E-state index in [2.05, 4.69) is 52.4 Å². The first kappa shape index (κ1) is 14.7. The third kappa shape index (κ3) is 4.72. The molecule has 0 radical (unpaired) electrons. The van der Waals surface area contributed by atoms with E-state index < -0.39 is 0 Å². The number of benzene rings is 2. The van der Waals surface area contributed by atoms with Gasteiger partial charge < -0.3 is 5.32 Å². The standard InChI is InChI=1S/C15H14BrCl2N/c1-10(6-11-2-4-12(16)5-3-11)19-15-8-13(17)7-14(18)9-15/h2-5,7-10,19H,6H2,1H3. The van der Waals surface area contributed by atoms with E-state index in [1.165, 1.54) is 5.56 Å². The molecule has 0 saturated heterocycles. The van der Waals surface area contributed by atoms with Crippen LogP contribution in [0.15, 0.2) is 46.9 Å². The summed E-state index contributed by atoms with van der Waals surface area (Å²) in [6.07, 6.45) is 0.942. The van der Waals surface area contributed by atoms with Crippen LogP contribution < -0.4 is 5.32 Å². The summed E-state index contributed by atoms with van der Waals surface area (Å²) in [6, 6.07) is 14.1. The molecule has 1 unspecified atom stereocenters. The minimum absolute atomic E-state index is 0.302. The third-order valence-corrected chi connectivity index (χ3v) is 3.70. The molecule has 0 fully saturated rings. The Kier molecular flexibility index (Phi) is 5.14. The minimum Gasteiger partial charge on any atom is -0.382 e. The second-order valence-electron chi connectivity index (χ2n) is 4.53. The fraction of sp³-hybridized carbons (Fsp3) is 0.200. The number of hydrogen-bond acceptors (Lipinski definition) is 1. The van der Waals surface area contributed by atoms with Crippen molar-refractivity contribution in [2.45, 2.75) is 19.4 Å². The molecule has 2 aromatic carbocycles. The molecule has 19 heavy (non-hydrogen) atoms. The van der Waals surface area contributed by atoms with Crippen LogP contribution in [-0.2, 0) is 6.42 Å². The summed E-state index contributed by atoms with van der Waals surface area (Å²) in [7, 11) is 0. The number of halogens is 3. The van der Waals surface area contributed by atoms with Gasteiger partial charge in [-0.05, 0) is 49.2 Å². The molecule has 1 nitrogen and oxygen atoms in total. The quantitative estimate of drug-likeness (QED) is 0.728. The lowest BCUT2D eigenvalue weighted by atomic mass is 10.1. The molecule has 0 spiro atoms. The molecule has 1 atom stereocenters. The van der Waals surface area contributed by atoms with Crippen LogP contribution in [0.2, 0.25) is 10.0 Å². The van der Waals surface area contributed by atoms with Crippen molar-refractivity contribution in [1.82, 2.24) is 0 Å². The zero-order chi connectivity index (χ0) is 13.8. The van der Waals surface area contributed by atoms with E-state index in [0.29, 0.717) is 16.1 Å². The molecule has 0 aliphatic carbocycles. The Morgan fingerprint density at radius 2 is 1.63 bits per heavy atom. The predicted molar refractivity (Wildman–Crippen MR) is 87.4 cm³/mol. The predicted octanol–water partition coefficient (Wildman–Crippen LogP) is 5.80. The highest BCUT2D eigenvalue weighted by atomic mass is 79.9. The molecule has 0 heterocycles. The van der Waals surface area contributed by atoms with Gasteiger partial charge >= 0.3 is 0 Å². The molecular formula is C15H14BrCl2N. The fourth-order valence-electron chi connectivity index (χ4n) is 1.95. The van der Waals surface area contributed by atoms with Gasteiger partial charge in [-0.2, -0.15) is 0 Å². The van der Waals surface area contributed by atoms with E-state index in [0.717, 1.165) is 16.6 Å². The molecule has 0 amide bonds. The van der Waals surface area contributed by atoms with Crippen molar-refractivity contribution in [2.75, 3.05) is 5.32 Å². The van der Waals surface area contributed by atoms with Crippen molar-refractivity contribution >= 4 is 44.8 Å². The van der Waals surface area contributed by atoms with Gasteiger partial charge in [-0.25, -0.2) is 0 Å². The number of rotatable bonds is 4. The summed E-state index contributed by atoms with van der Waals surface area (Å²) in [6.45, 7) is 2.14. The van der Waals surface area contributed by atoms with Crippen LogP contribution in [0.3, 0.4) is 0 Å². The molecule has 0 aliphatic rings. The highest BCUT2D eigenvalue weighted by Gasteiger charge is 2.05. The molecule has 2 aromatic rings. The average molecular weight is 359 g/mol. The smallest absolute Gasteiger partial charge is 0.0441 e. The van der Waals surface area contributed by atoms with Crippen LogP contribution in [0.5, 0.6) is 0 Å². The topological polar surface area (TPSA) is 12.0 Å². The van der Waals surface area contributed by atoms with Gasteiger partial charge in [-0.3, -0.25) is 0 Å². The van der Waals surface area contributed by atoms with Crippen molar-refractivity contribution in [2.24, 2.45) is 0 Å². The Morgan fingerprint density at radius 1 is 1.05 bits per heavy atom. The molecule has 0 aliphatic heterocycles. The number of nitrogens with one attached hydrogen (secondary N) is 1. The SMILES string of the molecule is CC(Cc1ccc(Br)cc1)Nc1cc(Cl)cc(Cl)c1. The van der Waals surface area contributed by atoms with Crippen LogP contribution >= 0.6 is 39.1 Å². The summed E-state index contributed by atoms with van der Waals surface area (Å²) >= 11 is 15.4. The van der Waals surface area contributed by atoms with Crippen LogP contribution in [0.25, 0.3) is 0 Å². The maximum absolute atomic E-state index is 5.98. The van der Waals surface area contributed by atoms with Gasteiger partial charge in [0.1, 0.15) is 0 Å². The van der Waals surface area contributed by atoms with Gasteiger partial charge in [0.05, 0.1) is 0 Å². The van der Waals surface area contributed by atoms with Gasteiger partial charge in [0.25, 0.3) is 0 Å². The Bertz CT molecular complexity index is 534. The third-order valence-electron chi connectivity index (χ3n) is 2.73. The lowest BCUT2D eigenvalue weighted by molar-refractivity contribution is 0.790. The van der Waals surface area contributed by atoms with E-state index in [1.54, 1.807) is 6.07 Å². The molecule has 0 saturated carbocycles. The first-order valence-electron chi connectivity index (χ1n) is 6.00. The van der Waals surface area contributed by atoms with E-state index in [-0.39, 0.29) is 0 Å². The zero-order valence-electron chi connectivity index (χ0n) is 10.5. The molecule has 4 heteroatoms. The van der Waals surface area contributed by atoms with E-state index in [9.17, 15) is 0 Å². The van der Waals surface area contributed by atoms with Crippen LogP contribution in [0.1, 0.15) is 12.5 Å². The molecule has 0 bridgehead atoms. The summed E-state index contributed by atoms with van der Waals surface area (Å²) in [5.41, 5.74) is 2.23. The molecule has 100 valence electrons. The van der Waals surface area contributed by atoms with Crippen molar-refractivity contribution in [3.8, 4) is 0 Å². The summed E-state index contributed by atoms with van der Waals surface area (Å²) < 4.78 is 1.10. The summed E-state index contributed by atoms with van der Waals surface area (Å²) in [4.78, 5) is 0. The van der Waals surface area contributed by atoms with Gasteiger partial charge in [0.2, 0.25) is 0 Å². The Hall–Kier alpha value is -0.700. The monoisotopic (exact) mass is 357 g/mol. The molecular weight excluding hydrogens is 345 g/mol. The lowest BCUT2D eigenvalue weighted by Crippen LogP contribution is -2.17. The Morgan fingerprint density at radius 3 is 2.21 bits per heavy atom. The van der Waals surface area contributed by atoms with Crippen LogP contribution in [-0.4, -0.2) is 6.04 Å². The number of hydrogen-bond donors (Lipinski definition) is 1. The molecule has 0 aromatic heterocycles. The second kappa shape index (κ2) is 6.65. The average Bonchev–Trinajstić information content (AvgIpc) is 2.30. The molecule has 1 N–H and O–H groups in total. The van der Waals surface area contributed by atoms with Crippen molar-refractivity contribution < 1.29 is 0 Å². The van der Waals surface area contributed by atoms with E-state index in [4.69, 9.17) is 23.2 Å². The van der Waals surface area contributed by atoms with Gasteiger partial charge in [0, 0.05) is 26.2 Å². The normalized spacial score (nSPS) is 12.2. The number of anilines is 1. The maximum Gasteiger partial charge on any atom is 0.0441 e.